The molecule has 3 heterocycles. The van der Waals surface area contributed by atoms with E-state index in [1.165, 1.54) is 6.20 Å². The van der Waals surface area contributed by atoms with Gasteiger partial charge in [0, 0.05) is 24.7 Å². The van der Waals surface area contributed by atoms with Crippen molar-refractivity contribution in [3.63, 3.8) is 0 Å². The topological polar surface area (TPSA) is 77.7 Å². The highest BCUT2D eigenvalue weighted by Gasteiger charge is 2.35. The average molecular weight is 327 g/mol. The fraction of sp³-hybridized carbons (Fsp3) is 0.500. The summed E-state index contributed by atoms with van der Waals surface area (Å²) >= 11 is 0. The highest BCUT2D eigenvalue weighted by Crippen LogP contribution is 2.32. The highest BCUT2D eigenvalue weighted by molar-refractivity contribution is 5.92. The number of likely N-dealkylation sites (tertiary alicyclic amines) is 1. The lowest BCUT2D eigenvalue weighted by molar-refractivity contribution is -0.141. The number of carbonyl (C=O) groups excluding carboxylic acids is 1. The number of nitrogens with one attached hydrogen (secondary N) is 2. The maximum Gasteiger partial charge on any atom is 0.435 e. The van der Waals surface area contributed by atoms with Crippen LogP contribution in [-0.4, -0.2) is 44.1 Å². The summed E-state index contributed by atoms with van der Waals surface area (Å²) < 4.78 is 37.9. The molecule has 1 amide bonds. The minimum Gasteiger partial charge on any atom is -0.338 e. The van der Waals surface area contributed by atoms with Gasteiger partial charge in [0.15, 0.2) is 5.69 Å². The summed E-state index contributed by atoms with van der Waals surface area (Å²) in [5.74, 6) is 0.275. The monoisotopic (exact) mass is 327 g/mol. The van der Waals surface area contributed by atoms with Gasteiger partial charge in [-0.25, -0.2) is 4.98 Å². The van der Waals surface area contributed by atoms with Crippen LogP contribution in [0.3, 0.4) is 0 Å². The van der Waals surface area contributed by atoms with Gasteiger partial charge in [0.1, 0.15) is 11.5 Å². The third-order valence-corrected chi connectivity index (χ3v) is 3.97. The fourth-order valence-electron chi connectivity index (χ4n) is 2.81. The minimum atomic E-state index is -4.47. The van der Waals surface area contributed by atoms with Crippen LogP contribution in [-0.2, 0) is 6.18 Å². The first-order valence-electron chi connectivity index (χ1n) is 7.28. The molecule has 0 unspecified atom stereocenters. The van der Waals surface area contributed by atoms with Crippen LogP contribution in [0.2, 0.25) is 0 Å². The SMILES string of the molecule is Cc1ncc(C(=O)N2CCC[C@@H](c3cc(C(F)(F)F)n[nH]3)C2)[nH]1. The molecule has 9 heteroatoms. The zero-order valence-electron chi connectivity index (χ0n) is 12.4. The van der Waals surface area contributed by atoms with Gasteiger partial charge in [-0.3, -0.25) is 9.89 Å². The summed E-state index contributed by atoms with van der Waals surface area (Å²) in [6.07, 6.45) is -1.55. The number of H-pyrrole nitrogens is 2. The summed E-state index contributed by atoms with van der Waals surface area (Å²) in [6.45, 7) is 2.68. The first-order chi connectivity index (χ1) is 10.8. The van der Waals surface area contributed by atoms with Gasteiger partial charge in [-0.15, -0.1) is 0 Å². The van der Waals surface area contributed by atoms with E-state index in [2.05, 4.69) is 20.2 Å². The molecular weight excluding hydrogens is 311 g/mol. The third-order valence-electron chi connectivity index (χ3n) is 3.97. The first kappa shape index (κ1) is 15.6. The molecule has 1 fully saturated rings. The van der Waals surface area contributed by atoms with Crippen molar-refractivity contribution < 1.29 is 18.0 Å². The van der Waals surface area contributed by atoms with Crippen molar-refractivity contribution in [1.29, 1.82) is 0 Å². The average Bonchev–Trinajstić information content (AvgIpc) is 3.15. The number of nitrogens with zero attached hydrogens (tertiary/aromatic N) is 3. The lowest BCUT2D eigenvalue weighted by atomic mass is 9.94. The Morgan fingerprint density at radius 2 is 2.22 bits per heavy atom. The van der Waals surface area contributed by atoms with Crippen LogP contribution >= 0.6 is 0 Å². The predicted octanol–water partition coefficient (Wildman–Crippen LogP) is 2.48. The van der Waals surface area contributed by atoms with E-state index in [0.717, 1.165) is 12.5 Å². The molecule has 1 aliphatic heterocycles. The number of piperidine rings is 1. The number of amides is 1. The van der Waals surface area contributed by atoms with Gasteiger partial charge in [0.05, 0.1) is 6.20 Å². The molecule has 1 atom stereocenters. The van der Waals surface area contributed by atoms with Gasteiger partial charge < -0.3 is 9.88 Å². The second kappa shape index (κ2) is 5.71. The molecule has 2 N–H and O–H groups in total. The number of alkyl halides is 3. The third kappa shape index (κ3) is 3.22. The normalized spacial score (nSPS) is 19.1. The summed E-state index contributed by atoms with van der Waals surface area (Å²) in [7, 11) is 0. The number of aromatic amines is 2. The molecule has 0 aliphatic carbocycles. The number of aromatic nitrogens is 4. The maximum atomic E-state index is 12.6. The van der Waals surface area contributed by atoms with E-state index >= 15 is 0 Å². The van der Waals surface area contributed by atoms with E-state index in [1.54, 1.807) is 11.8 Å². The van der Waals surface area contributed by atoms with Crippen molar-refractivity contribution in [1.82, 2.24) is 25.1 Å². The molecule has 0 bridgehead atoms. The van der Waals surface area contributed by atoms with Crippen molar-refractivity contribution >= 4 is 5.91 Å². The van der Waals surface area contributed by atoms with E-state index in [0.29, 0.717) is 36.7 Å². The second-order valence-electron chi connectivity index (χ2n) is 5.68. The number of aryl methyl sites for hydroxylation is 1. The van der Waals surface area contributed by atoms with E-state index < -0.39 is 11.9 Å². The van der Waals surface area contributed by atoms with Gasteiger partial charge in [-0.1, -0.05) is 0 Å². The van der Waals surface area contributed by atoms with Gasteiger partial charge >= 0.3 is 6.18 Å². The molecule has 0 spiro atoms. The van der Waals surface area contributed by atoms with Crippen molar-refractivity contribution in [2.45, 2.75) is 31.9 Å². The van der Waals surface area contributed by atoms with Crippen LogP contribution in [0.25, 0.3) is 0 Å². The number of imidazole rings is 1. The largest absolute Gasteiger partial charge is 0.435 e. The highest BCUT2D eigenvalue weighted by atomic mass is 19.4. The Bertz CT molecular complexity index is 705. The summed E-state index contributed by atoms with van der Waals surface area (Å²) in [4.78, 5) is 20.9. The summed E-state index contributed by atoms with van der Waals surface area (Å²) in [5, 5.41) is 5.78. The van der Waals surface area contributed by atoms with Gasteiger partial charge in [0.25, 0.3) is 5.91 Å². The molecule has 0 radical (unpaired) electrons. The summed E-state index contributed by atoms with van der Waals surface area (Å²) in [5.41, 5.74) is -0.125. The van der Waals surface area contributed by atoms with Crippen LogP contribution in [0.5, 0.6) is 0 Å². The molecule has 1 saturated heterocycles. The van der Waals surface area contributed by atoms with E-state index in [4.69, 9.17) is 0 Å². The van der Waals surface area contributed by atoms with Crippen molar-refractivity contribution in [2.24, 2.45) is 0 Å². The van der Waals surface area contributed by atoms with Crippen LogP contribution in [0.15, 0.2) is 12.3 Å². The predicted molar refractivity (Wildman–Crippen MR) is 74.8 cm³/mol. The molecule has 0 aromatic carbocycles. The summed E-state index contributed by atoms with van der Waals surface area (Å²) in [6, 6.07) is 1.03. The minimum absolute atomic E-state index is 0.180. The number of carbonyl (C=O) groups is 1. The maximum absolute atomic E-state index is 12.6. The molecule has 2 aromatic heterocycles. The second-order valence-corrected chi connectivity index (χ2v) is 5.68. The van der Waals surface area contributed by atoms with E-state index in [1.807, 2.05) is 0 Å². The number of rotatable bonds is 2. The van der Waals surface area contributed by atoms with Crippen LogP contribution < -0.4 is 0 Å². The van der Waals surface area contributed by atoms with Gasteiger partial charge in [-0.05, 0) is 25.8 Å². The Morgan fingerprint density at radius 3 is 2.83 bits per heavy atom. The fourth-order valence-corrected chi connectivity index (χ4v) is 2.81. The molecule has 23 heavy (non-hydrogen) atoms. The van der Waals surface area contributed by atoms with E-state index in [-0.39, 0.29) is 11.8 Å². The lowest BCUT2D eigenvalue weighted by Crippen LogP contribution is -2.39. The van der Waals surface area contributed by atoms with Crippen LogP contribution in [0.4, 0.5) is 13.2 Å². The standard InChI is InChI=1S/C14H16F3N5O/c1-8-18-6-11(19-8)13(23)22-4-2-3-9(7-22)10-5-12(21-20-10)14(15,16)17/h5-6,9H,2-4,7H2,1H3,(H,18,19)(H,20,21)/t9-/m1/s1. The quantitative estimate of drug-likeness (QED) is 0.889. The molecule has 6 nitrogen and oxygen atoms in total. The molecule has 3 rings (SSSR count). The van der Waals surface area contributed by atoms with Crippen molar-refractivity contribution in [3.05, 3.63) is 35.2 Å². The Morgan fingerprint density at radius 1 is 1.43 bits per heavy atom. The number of halogens is 3. The molecule has 0 saturated carbocycles. The van der Waals surface area contributed by atoms with Gasteiger partial charge in [-0.2, -0.15) is 18.3 Å². The Kier molecular flexibility index (Phi) is 3.87. The Balaban J connectivity index is 1.73. The smallest absolute Gasteiger partial charge is 0.338 e. The molecule has 1 aliphatic rings. The zero-order chi connectivity index (χ0) is 16.6. The number of hydrogen-bond acceptors (Lipinski definition) is 3. The van der Waals surface area contributed by atoms with Crippen LogP contribution in [0, 0.1) is 6.92 Å². The molecule has 2 aromatic rings. The lowest BCUT2D eigenvalue weighted by Gasteiger charge is -2.31. The molecule has 124 valence electrons. The molecular formula is C14H16F3N5O. The van der Waals surface area contributed by atoms with Crippen molar-refractivity contribution in [3.8, 4) is 0 Å². The Hall–Kier alpha value is -2.32. The first-order valence-corrected chi connectivity index (χ1v) is 7.28. The van der Waals surface area contributed by atoms with E-state index in [9.17, 15) is 18.0 Å². The van der Waals surface area contributed by atoms with Gasteiger partial charge in [0.2, 0.25) is 0 Å². The number of hydrogen-bond donors (Lipinski definition) is 2. The van der Waals surface area contributed by atoms with Crippen LogP contribution in [0.1, 0.15) is 46.5 Å². The zero-order valence-corrected chi connectivity index (χ0v) is 12.4. The Labute approximate surface area is 130 Å². The van der Waals surface area contributed by atoms with Crippen molar-refractivity contribution in [2.75, 3.05) is 13.1 Å².